The van der Waals surface area contributed by atoms with Crippen LogP contribution in [0.4, 0.5) is 10.5 Å². The molecule has 1 aromatic carbocycles. The van der Waals surface area contributed by atoms with Gasteiger partial charge < -0.3 is 15.7 Å². The molecule has 23 heavy (non-hydrogen) atoms. The minimum atomic E-state index is -0.735. The predicted octanol–water partition coefficient (Wildman–Crippen LogP) is 3.37. The minimum Gasteiger partial charge on any atom is -0.481 e. The lowest BCUT2D eigenvalue weighted by atomic mass is 9.86. The third-order valence-electron chi connectivity index (χ3n) is 4.16. The fraction of sp³-hybridized carbons (Fsp3) is 0.438. The van der Waals surface area contributed by atoms with Crippen LogP contribution < -0.4 is 10.6 Å². The number of carboxylic acids is 1. The molecule has 1 aliphatic carbocycles. The van der Waals surface area contributed by atoms with Gasteiger partial charge in [0.1, 0.15) is 0 Å². The Bertz CT molecular complexity index is 735. The Morgan fingerprint density at radius 1 is 1.26 bits per heavy atom. The normalized spacial score (nSPS) is 21.1. The van der Waals surface area contributed by atoms with Gasteiger partial charge in [-0.15, -0.1) is 11.3 Å². The fourth-order valence-electron chi connectivity index (χ4n) is 2.95. The zero-order valence-corrected chi connectivity index (χ0v) is 13.7. The standard InChI is InChI=1S/C16H19N3O3S/c1-9-17-13-7-6-12(8-14(13)23-9)19-16(22)18-11-4-2-10(3-5-11)15(20)21/h6-8,10-11H,2-5H2,1H3,(H,20,21)(H2,18,19,22). The summed E-state index contributed by atoms with van der Waals surface area (Å²) in [5.74, 6) is -1.01. The molecule has 0 saturated heterocycles. The number of carboxylic acid groups (broad SMARTS) is 1. The number of carbonyl (C=O) groups is 2. The van der Waals surface area contributed by atoms with E-state index in [9.17, 15) is 9.59 Å². The lowest BCUT2D eigenvalue weighted by Gasteiger charge is -2.26. The van der Waals surface area contributed by atoms with Gasteiger partial charge in [-0.2, -0.15) is 0 Å². The molecule has 2 aromatic rings. The number of rotatable bonds is 3. The summed E-state index contributed by atoms with van der Waals surface area (Å²) < 4.78 is 1.04. The number of anilines is 1. The van der Waals surface area contributed by atoms with Crippen LogP contribution in [0.15, 0.2) is 18.2 Å². The maximum absolute atomic E-state index is 12.1. The monoisotopic (exact) mass is 333 g/mol. The van der Waals surface area contributed by atoms with Crippen molar-refractivity contribution in [1.82, 2.24) is 10.3 Å². The van der Waals surface area contributed by atoms with Crippen molar-refractivity contribution in [3.05, 3.63) is 23.2 Å². The van der Waals surface area contributed by atoms with E-state index in [1.165, 1.54) is 0 Å². The number of nitrogens with one attached hydrogen (secondary N) is 2. The molecule has 1 aliphatic rings. The quantitative estimate of drug-likeness (QED) is 0.803. The number of thiazole rings is 1. The summed E-state index contributed by atoms with van der Waals surface area (Å²) in [5.41, 5.74) is 1.67. The first kappa shape index (κ1) is 15.7. The van der Waals surface area contributed by atoms with Crippen molar-refractivity contribution in [3.8, 4) is 0 Å². The van der Waals surface area contributed by atoms with Crippen molar-refractivity contribution in [2.24, 2.45) is 5.92 Å². The Kier molecular flexibility index (Phi) is 4.47. The van der Waals surface area contributed by atoms with Crippen LogP contribution in [0.5, 0.6) is 0 Å². The van der Waals surface area contributed by atoms with Gasteiger partial charge in [-0.05, 0) is 50.8 Å². The second-order valence-corrected chi connectivity index (χ2v) is 7.14. The SMILES string of the molecule is Cc1nc2ccc(NC(=O)NC3CCC(C(=O)O)CC3)cc2s1. The number of aromatic nitrogens is 1. The van der Waals surface area contributed by atoms with Crippen LogP contribution in [0.25, 0.3) is 10.2 Å². The van der Waals surface area contributed by atoms with Crippen LogP contribution in [0.2, 0.25) is 0 Å². The second kappa shape index (κ2) is 6.54. The van der Waals surface area contributed by atoms with Crippen molar-refractivity contribution in [2.45, 2.75) is 38.6 Å². The summed E-state index contributed by atoms with van der Waals surface area (Å²) in [6.07, 6.45) is 2.65. The van der Waals surface area contributed by atoms with Crippen molar-refractivity contribution >= 4 is 39.2 Å². The molecular formula is C16H19N3O3S. The topological polar surface area (TPSA) is 91.3 Å². The van der Waals surface area contributed by atoms with Gasteiger partial charge in [0.25, 0.3) is 0 Å². The number of hydrogen-bond donors (Lipinski definition) is 3. The predicted molar refractivity (Wildman–Crippen MR) is 89.9 cm³/mol. The molecule has 0 atom stereocenters. The Morgan fingerprint density at radius 2 is 2.00 bits per heavy atom. The molecule has 0 bridgehead atoms. The van der Waals surface area contributed by atoms with Crippen molar-refractivity contribution in [1.29, 1.82) is 0 Å². The number of nitrogens with zero attached hydrogens (tertiary/aromatic N) is 1. The lowest BCUT2D eigenvalue weighted by molar-refractivity contribution is -0.142. The lowest BCUT2D eigenvalue weighted by Crippen LogP contribution is -2.40. The molecule has 1 heterocycles. The van der Waals surface area contributed by atoms with Crippen LogP contribution in [0.3, 0.4) is 0 Å². The highest BCUT2D eigenvalue weighted by Gasteiger charge is 2.26. The largest absolute Gasteiger partial charge is 0.481 e. The Morgan fingerprint density at radius 3 is 2.70 bits per heavy atom. The van der Waals surface area contributed by atoms with E-state index in [1.807, 2.05) is 25.1 Å². The summed E-state index contributed by atoms with van der Waals surface area (Å²) in [7, 11) is 0. The van der Waals surface area contributed by atoms with Gasteiger partial charge in [0.15, 0.2) is 0 Å². The van der Waals surface area contributed by atoms with E-state index in [4.69, 9.17) is 5.11 Å². The highest BCUT2D eigenvalue weighted by molar-refractivity contribution is 7.18. The molecule has 7 heteroatoms. The number of fused-ring (bicyclic) bond motifs is 1. The number of hydrogen-bond acceptors (Lipinski definition) is 4. The molecule has 0 unspecified atom stereocenters. The van der Waals surface area contributed by atoms with Crippen LogP contribution in [-0.4, -0.2) is 28.1 Å². The number of carbonyl (C=O) groups excluding carboxylic acids is 1. The molecule has 122 valence electrons. The first-order valence-corrected chi connectivity index (χ1v) is 8.50. The van der Waals surface area contributed by atoms with E-state index in [0.29, 0.717) is 25.7 Å². The van der Waals surface area contributed by atoms with E-state index in [1.54, 1.807) is 11.3 Å². The van der Waals surface area contributed by atoms with Gasteiger partial charge >= 0.3 is 12.0 Å². The summed E-state index contributed by atoms with van der Waals surface area (Å²) in [4.78, 5) is 27.4. The molecular weight excluding hydrogens is 314 g/mol. The van der Waals surface area contributed by atoms with Crippen molar-refractivity contribution in [2.75, 3.05) is 5.32 Å². The summed E-state index contributed by atoms with van der Waals surface area (Å²) in [6.45, 7) is 1.96. The Labute approximate surface area is 137 Å². The van der Waals surface area contributed by atoms with Gasteiger partial charge in [-0.1, -0.05) is 0 Å². The maximum Gasteiger partial charge on any atom is 0.319 e. The average molecular weight is 333 g/mol. The van der Waals surface area contributed by atoms with E-state index >= 15 is 0 Å². The third kappa shape index (κ3) is 3.79. The molecule has 0 aliphatic heterocycles. The van der Waals surface area contributed by atoms with E-state index in [-0.39, 0.29) is 18.0 Å². The number of aryl methyl sites for hydroxylation is 1. The molecule has 1 saturated carbocycles. The zero-order chi connectivity index (χ0) is 16.4. The average Bonchev–Trinajstić information content (AvgIpc) is 2.87. The van der Waals surface area contributed by atoms with Gasteiger partial charge in [-0.3, -0.25) is 4.79 Å². The summed E-state index contributed by atoms with van der Waals surface area (Å²) in [6, 6.07) is 5.44. The highest BCUT2D eigenvalue weighted by Crippen LogP contribution is 2.26. The molecule has 2 amide bonds. The third-order valence-corrected chi connectivity index (χ3v) is 5.10. The van der Waals surface area contributed by atoms with Crippen LogP contribution in [-0.2, 0) is 4.79 Å². The molecule has 1 fully saturated rings. The zero-order valence-electron chi connectivity index (χ0n) is 12.8. The highest BCUT2D eigenvalue weighted by atomic mass is 32.1. The molecule has 1 aromatic heterocycles. The van der Waals surface area contributed by atoms with Gasteiger partial charge in [0.2, 0.25) is 0 Å². The molecule has 3 N–H and O–H groups in total. The van der Waals surface area contributed by atoms with Crippen LogP contribution in [0, 0.1) is 12.8 Å². The van der Waals surface area contributed by atoms with Crippen molar-refractivity contribution < 1.29 is 14.7 Å². The summed E-state index contributed by atoms with van der Waals surface area (Å²) in [5, 5.41) is 15.7. The van der Waals surface area contributed by atoms with Gasteiger partial charge in [-0.25, -0.2) is 9.78 Å². The van der Waals surface area contributed by atoms with E-state index in [2.05, 4.69) is 15.6 Å². The molecule has 0 spiro atoms. The van der Waals surface area contributed by atoms with E-state index < -0.39 is 5.97 Å². The number of benzene rings is 1. The van der Waals surface area contributed by atoms with Crippen LogP contribution in [0.1, 0.15) is 30.7 Å². The van der Waals surface area contributed by atoms with Crippen molar-refractivity contribution in [3.63, 3.8) is 0 Å². The molecule has 3 rings (SSSR count). The minimum absolute atomic E-state index is 0.0416. The van der Waals surface area contributed by atoms with Crippen LogP contribution >= 0.6 is 11.3 Å². The maximum atomic E-state index is 12.1. The van der Waals surface area contributed by atoms with Gasteiger partial charge in [0, 0.05) is 11.7 Å². The van der Waals surface area contributed by atoms with E-state index in [0.717, 1.165) is 20.9 Å². The number of aliphatic carboxylic acids is 1. The first-order valence-electron chi connectivity index (χ1n) is 7.69. The number of amides is 2. The molecule has 0 radical (unpaired) electrons. The molecule has 6 nitrogen and oxygen atoms in total. The number of urea groups is 1. The Hall–Kier alpha value is -2.15. The smallest absolute Gasteiger partial charge is 0.319 e. The first-order chi connectivity index (χ1) is 11.0. The fourth-order valence-corrected chi connectivity index (χ4v) is 3.82. The second-order valence-electron chi connectivity index (χ2n) is 5.90. The van der Waals surface area contributed by atoms with Gasteiger partial charge in [0.05, 0.1) is 21.1 Å². The Balaban J connectivity index is 1.55. The summed E-state index contributed by atoms with van der Waals surface area (Å²) >= 11 is 1.59.